The fourth-order valence-corrected chi connectivity index (χ4v) is 3.95. The fraction of sp³-hybridized carbons (Fsp3) is 0.333. The zero-order valence-corrected chi connectivity index (χ0v) is 12.2. The van der Waals surface area contributed by atoms with Crippen LogP contribution in [0.3, 0.4) is 0 Å². The van der Waals surface area contributed by atoms with E-state index in [1.807, 2.05) is 4.90 Å². The van der Waals surface area contributed by atoms with Gasteiger partial charge in [0.25, 0.3) is 11.5 Å². The van der Waals surface area contributed by atoms with Crippen molar-refractivity contribution in [2.75, 3.05) is 13.1 Å². The quantitative estimate of drug-likeness (QED) is 0.806. The summed E-state index contributed by atoms with van der Waals surface area (Å²) in [6, 6.07) is 3.29. The molecule has 1 aliphatic rings. The van der Waals surface area contributed by atoms with Crippen molar-refractivity contribution in [2.45, 2.75) is 6.42 Å². The van der Waals surface area contributed by atoms with E-state index in [4.69, 9.17) is 0 Å². The second kappa shape index (κ2) is 4.20. The van der Waals surface area contributed by atoms with E-state index in [9.17, 15) is 9.59 Å². The molecule has 2 aromatic rings. The van der Waals surface area contributed by atoms with E-state index in [2.05, 4.69) is 15.9 Å². The topological polar surface area (TPSA) is 42.3 Å². The molecule has 1 aliphatic heterocycles. The van der Waals surface area contributed by atoms with Crippen molar-refractivity contribution < 1.29 is 4.79 Å². The summed E-state index contributed by atoms with van der Waals surface area (Å²) in [5.41, 5.74) is -0.0563. The van der Waals surface area contributed by atoms with E-state index in [0.717, 1.165) is 34.2 Å². The van der Waals surface area contributed by atoms with Crippen LogP contribution in [0, 0.1) is 0 Å². The number of pyridine rings is 1. The number of aryl methyl sites for hydroxylation is 1. The molecule has 0 bridgehead atoms. The van der Waals surface area contributed by atoms with Gasteiger partial charge in [0.2, 0.25) is 0 Å². The number of halogens is 1. The van der Waals surface area contributed by atoms with Crippen LogP contribution in [0.4, 0.5) is 0 Å². The molecule has 1 fully saturated rings. The Hall–Kier alpha value is -1.14. The zero-order chi connectivity index (χ0) is 12.9. The maximum absolute atomic E-state index is 12.2. The Morgan fingerprint density at radius 2 is 2.11 bits per heavy atom. The zero-order valence-electron chi connectivity index (χ0n) is 9.77. The highest BCUT2D eigenvalue weighted by molar-refractivity contribution is 9.10. The molecule has 1 saturated heterocycles. The number of thiophene rings is 1. The van der Waals surface area contributed by atoms with Crippen LogP contribution in [0.15, 0.2) is 21.4 Å². The van der Waals surface area contributed by atoms with Crippen LogP contribution in [-0.2, 0) is 7.05 Å². The lowest BCUT2D eigenvalue weighted by atomic mass is 10.2. The number of carbonyl (C=O) groups excluding carboxylic acids is 1. The summed E-state index contributed by atoms with van der Waals surface area (Å²) in [5.74, 6) is 0.0572. The lowest BCUT2D eigenvalue weighted by molar-refractivity contribution is 0.0656. The highest BCUT2D eigenvalue weighted by atomic mass is 79.9. The third kappa shape index (κ3) is 1.63. The van der Waals surface area contributed by atoms with Crippen molar-refractivity contribution >= 4 is 43.4 Å². The smallest absolute Gasteiger partial charge is 0.265 e. The molecule has 6 heteroatoms. The third-order valence-electron chi connectivity index (χ3n) is 3.23. The summed E-state index contributed by atoms with van der Waals surface area (Å²) in [6.07, 6.45) is 1.08. The summed E-state index contributed by atoms with van der Waals surface area (Å²) >= 11 is 4.86. The molecule has 3 heterocycles. The maximum Gasteiger partial charge on any atom is 0.265 e. The van der Waals surface area contributed by atoms with Gasteiger partial charge in [-0.05, 0) is 28.4 Å². The van der Waals surface area contributed by atoms with Gasteiger partial charge in [-0.1, -0.05) is 0 Å². The van der Waals surface area contributed by atoms with Crippen LogP contribution in [0.2, 0.25) is 0 Å². The Morgan fingerprint density at radius 3 is 2.72 bits per heavy atom. The van der Waals surface area contributed by atoms with Crippen LogP contribution < -0.4 is 5.56 Å². The first-order valence-corrected chi connectivity index (χ1v) is 7.28. The first-order valence-electron chi connectivity index (χ1n) is 5.67. The highest BCUT2D eigenvalue weighted by Gasteiger charge is 2.26. The Labute approximate surface area is 116 Å². The van der Waals surface area contributed by atoms with E-state index in [1.54, 1.807) is 17.7 Å². The van der Waals surface area contributed by atoms with Crippen LogP contribution in [0.5, 0.6) is 0 Å². The Balaban J connectivity index is 2.19. The van der Waals surface area contributed by atoms with Crippen LogP contribution >= 0.6 is 27.3 Å². The van der Waals surface area contributed by atoms with Crippen LogP contribution in [0.1, 0.15) is 16.1 Å². The first-order chi connectivity index (χ1) is 8.59. The van der Waals surface area contributed by atoms with Gasteiger partial charge in [0.15, 0.2) is 0 Å². The van der Waals surface area contributed by atoms with E-state index in [-0.39, 0.29) is 11.5 Å². The summed E-state index contributed by atoms with van der Waals surface area (Å²) in [6.45, 7) is 1.66. The van der Waals surface area contributed by atoms with Crippen LogP contribution in [0.25, 0.3) is 10.2 Å². The van der Waals surface area contributed by atoms with Gasteiger partial charge in [-0.15, -0.1) is 11.3 Å². The minimum absolute atomic E-state index is 0.0563. The Morgan fingerprint density at radius 1 is 1.39 bits per heavy atom. The molecule has 2 aromatic heterocycles. The molecule has 94 valence electrons. The predicted molar refractivity (Wildman–Crippen MR) is 75.3 cm³/mol. The average molecular weight is 327 g/mol. The summed E-state index contributed by atoms with van der Waals surface area (Å²) in [4.78, 5) is 27.2. The Kier molecular flexibility index (Phi) is 2.79. The summed E-state index contributed by atoms with van der Waals surface area (Å²) in [7, 11) is 1.73. The van der Waals surface area contributed by atoms with Crippen molar-refractivity contribution in [1.29, 1.82) is 0 Å². The summed E-state index contributed by atoms with van der Waals surface area (Å²) in [5, 5.41) is 0.922. The largest absolute Gasteiger partial charge is 0.338 e. The molecule has 0 unspecified atom stereocenters. The van der Waals surface area contributed by atoms with Gasteiger partial charge >= 0.3 is 0 Å². The number of hydrogen-bond donors (Lipinski definition) is 0. The molecule has 18 heavy (non-hydrogen) atoms. The number of likely N-dealkylation sites (tertiary alicyclic amines) is 1. The normalized spacial score (nSPS) is 14.9. The molecule has 0 aliphatic carbocycles. The van der Waals surface area contributed by atoms with Crippen LogP contribution in [-0.4, -0.2) is 28.5 Å². The molecular formula is C12H11BrN2O2S. The second-order valence-corrected chi connectivity index (χ2v) is 6.13. The number of nitrogens with zero attached hydrogens (tertiary/aromatic N) is 2. The lowest BCUT2D eigenvalue weighted by Gasteiger charge is -2.30. The summed E-state index contributed by atoms with van der Waals surface area (Å²) < 4.78 is 2.38. The number of hydrogen-bond acceptors (Lipinski definition) is 3. The van der Waals surface area contributed by atoms with Crippen molar-refractivity contribution in [2.24, 2.45) is 7.05 Å². The highest BCUT2D eigenvalue weighted by Crippen LogP contribution is 2.35. The Bertz CT molecular complexity index is 700. The number of rotatable bonds is 1. The molecule has 1 amide bonds. The molecular weight excluding hydrogens is 316 g/mol. The third-order valence-corrected chi connectivity index (χ3v) is 5.59. The van der Waals surface area contributed by atoms with Crippen molar-refractivity contribution in [3.05, 3.63) is 31.8 Å². The van der Waals surface area contributed by atoms with Gasteiger partial charge in [-0.2, -0.15) is 0 Å². The predicted octanol–water partition coefficient (Wildman–Crippen LogP) is 2.21. The van der Waals surface area contributed by atoms with Gasteiger partial charge in [0.1, 0.15) is 9.71 Å². The second-order valence-electron chi connectivity index (χ2n) is 4.34. The molecule has 0 saturated carbocycles. The molecule has 3 rings (SSSR count). The van der Waals surface area contributed by atoms with Crippen molar-refractivity contribution in [1.82, 2.24) is 9.47 Å². The van der Waals surface area contributed by atoms with Gasteiger partial charge in [0.05, 0.1) is 4.47 Å². The number of amides is 1. The number of aromatic nitrogens is 1. The van der Waals surface area contributed by atoms with Crippen molar-refractivity contribution in [3.63, 3.8) is 0 Å². The van der Waals surface area contributed by atoms with E-state index < -0.39 is 0 Å². The van der Waals surface area contributed by atoms with E-state index in [1.165, 1.54) is 17.4 Å². The maximum atomic E-state index is 12.2. The standard InChI is InChI=1S/C12H11BrN2O2S/c1-14-8(16)4-3-7-9(13)10(18-12(7)14)11(17)15-5-2-6-15/h3-4H,2,5-6H2,1H3. The molecule has 4 nitrogen and oxygen atoms in total. The van der Waals surface area contributed by atoms with E-state index >= 15 is 0 Å². The number of fused-ring (bicyclic) bond motifs is 1. The SMILES string of the molecule is Cn1c(=O)ccc2c(Br)c(C(=O)N3CCC3)sc21. The van der Waals surface area contributed by atoms with Gasteiger partial charge < -0.3 is 9.47 Å². The number of carbonyl (C=O) groups is 1. The van der Waals surface area contributed by atoms with E-state index in [0.29, 0.717) is 4.88 Å². The molecule has 0 N–H and O–H groups in total. The molecule has 0 radical (unpaired) electrons. The fourth-order valence-electron chi connectivity index (χ4n) is 1.97. The molecule has 0 aromatic carbocycles. The van der Waals surface area contributed by atoms with Gasteiger partial charge in [-0.3, -0.25) is 9.59 Å². The molecule has 0 atom stereocenters. The first kappa shape index (κ1) is 11.9. The molecule has 0 spiro atoms. The van der Waals surface area contributed by atoms with Gasteiger partial charge in [-0.25, -0.2) is 0 Å². The minimum Gasteiger partial charge on any atom is -0.338 e. The van der Waals surface area contributed by atoms with Crippen molar-refractivity contribution in [3.8, 4) is 0 Å². The lowest BCUT2D eigenvalue weighted by Crippen LogP contribution is -2.41. The average Bonchev–Trinajstić information content (AvgIpc) is 2.60. The minimum atomic E-state index is -0.0563. The van der Waals surface area contributed by atoms with Gasteiger partial charge in [0, 0.05) is 31.6 Å². The monoisotopic (exact) mass is 326 g/mol.